The largest absolute Gasteiger partial charge is 0.491 e. The molecule has 0 bridgehead atoms. The quantitative estimate of drug-likeness (QED) is 0.835. The van der Waals surface area contributed by atoms with E-state index in [9.17, 15) is 0 Å². The molecular weight excluding hydrogens is 260 g/mol. The van der Waals surface area contributed by atoms with Crippen molar-refractivity contribution in [3.63, 3.8) is 0 Å². The predicted molar refractivity (Wildman–Crippen MR) is 73.4 cm³/mol. The van der Waals surface area contributed by atoms with Crippen LogP contribution in [0.5, 0.6) is 11.6 Å². The first-order valence-electron chi connectivity index (χ1n) is 6.87. The molecule has 2 fully saturated rings. The minimum Gasteiger partial charge on any atom is -0.491 e. The zero-order valence-electron chi connectivity index (χ0n) is 11.9. The molecule has 2 saturated heterocycles. The lowest BCUT2D eigenvalue weighted by Gasteiger charge is -2.38. The Bertz CT molecular complexity index is 464. The Hall–Kier alpha value is -1.53. The van der Waals surface area contributed by atoms with Crippen LogP contribution in [0.4, 0.5) is 5.69 Å². The van der Waals surface area contributed by atoms with Crippen molar-refractivity contribution < 1.29 is 18.9 Å². The lowest BCUT2D eigenvalue weighted by atomic mass is 10.0. The molecule has 0 atom stereocenters. The van der Waals surface area contributed by atoms with E-state index in [0.717, 1.165) is 31.6 Å². The Labute approximate surface area is 118 Å². The molecule has 6 heteroatoms. The third-order valence-electron chi connectivity index (χ3n) is 3.92. The van der Waals surface area contributed by atoms with E-state index in [1.807, 2.05) is 12.3 Å². The van der Waals surface area contributed by atoms with Crippen molar-refractivity contribution in [2.75, 3.05) is 45.4 Å². The van der Waals surface area contributed by atoms with Crippen LogP contribution in [0, 0.1) is 0 Å². The molecule has 0 aliphatic carbocycles. The van der Waals surface area contributed by atoms with Gasteiger partial charge >= 0.3 is 0 Å². The van der Waals surface area contributed by atoms with Gasteiger partial charge in [0.25, 0.3) is 5.88 Å². The minimum absolute atomic E-state index is 0.347. The maximum Gasteiger partial charge on any atom is 0.256 e. The van der Waals surface area contributed by atoms with Crippen LogP contribution in [0.25, 0.3) is 0 Å². The molecule has 0 saturated carbocycles. The number of nitrogens with zero attached hydrogens (tertiary/aromatic N) is 2. The van der Waals surface area contributed by atoms with Crippen LogP contribution in [0.15, 0.2) is 12.3 Å². The molecular formula is C14H20N2O4. The summed E-state index contributed by atoms with van der Waals surface area (Å²) in [5, 5.41) is 0. The van der Waals surface area contributed by atoms with Crippen molar-refractivity contribution in [2.45, 2.75) is 18.6 Å². The van der Waals surface area contributed by atoms with Gasteiger partial charge in [0.1, 0.15) is 0 Å². The third kappa shape index (κ3) is 2.41. The average molecular weight is 280 g/mol. The van der Waals surface area contributed by atoms with Gasteiger partial charge in [-0.15, -0.1) is 0 Å². The van der Waals surface area contributed by atoms with Crippen molar-refractivity contribution >= 4 is 5.69 Å². The predicted octanol–water partition coefficient (Wildman–Crippen LogP) is 1.44. The fourth-order valence-electron chi connectivity index (χ4n) is 2.79. The third-order valence-corrected chi connectivity index (χ3v) is 3.92. The van der Waals surface area contributed by atoms with E-state index in [-0.39, 0.29) is 5.79 Å². The molecule has 6 nitrogen and oxygen atoms in total. The van der Waals surface area contributed by atoms with E-state index in [1.54, 1.807) is 14.2 Å². The Balaban J connectivity index is 1.71. The number of anilines is 1. The van der Waals surface area contributed by atoms with Crippen molar-refractivity contribution in [1.82, 2.24) is 4.98 Å². The van der Waals surface area contributed by atoms with Crippen LogP contribution in [0.2, 0.25) is 0 Å². The number of methoxy groups -OCH3 is 2. The molecule has 2 aliphatic rings. The van der Waals surface area contributed by atoms with Crippen molar-refractivity contribution in [3.8, 4) is 11.6 Å². The molecule has 2 aliphatic heterocycles. The molecule has 0 radical (unpaired) electrons. The van der Waals surface area contributed by atoms with E-state index < -0.39 is 0 Å². The summed E-state index contributed by atoms with van der Waals surface area (Å²) < 4.78 is 21.9. The van der Waals surface area contributed by atoms with E-state index in [1.165, 1.54) is 0 Å². The second kappa shape index (κ2) is 5.46. The normalized spacial score (nSPS) is 21.2. The Morgan fingerprint density at radius 1 is 1.15 bits per heavy atom. The number of rotatable bonds is 3. The van der Waals surface area contributed by atoms with E-state index in [2.05, 4.69) is 9.88 Å². The molecule has 3 heterocycles. The van der Waals surface area contributed by atoms with Gasteiger partial charge in [0.15, 0.2) is 11.5 Å². The SMILES string of the molecule is COc1cc(N2CCC3(CC2)OCCO3)cnc1OC. The van der Waals surface area contributed by atoms with E-state index in [4.69, 9.17) is 18.9 Å². The number of ether oxygens (including phenoxy) is 4. The van der Waals surface area contributed by atoms with Crippen LogP contribution in [-0.2, 0) is 9.47 Å². The number of aromatic nitrogens is 1. The Kier molecular flexibility index (Phi) is 3.67. The van der Waals surface area contributed by atoms with Crippen molar-refractivity contribution in [2.24, 2.45) is 0 Å². The smallest absolute Gasteiger partial charge is 0.256 e. The van der Waals surface area contributed by atoms with Crippen LogP contribution in [0.3, 0.4) is 0 Å². The highest BCUT2D eigenvalue weighted by molar-refractivity contribution is 5.52. The molecule has 1 aromatic rings. The summed E-state index contributed by atoms with van der Waals surface area (Å²) in [6.07, 6.45) is 3.57. The van der Waals surface area contributed by atoms with E-state index in [0.29, 0.717) is 24.8 Å². The molecule has 20 heavy (non-hydrogen) atoms. The Morgan fingerprint density at radius 3 is 2.45 bits per heavy atom. The molecule has 0 amide bonds. The lowest BCUT2D eigenvalue weighted by Crippen LogP contribution is -2.45. The van der Waals surface area contributed by atoms with Crippen LogP contribution in [0.1, 0.15) is 12.8 Å². The molecule has 1 aromatic heterocycles. The van der Waals surface area contributed by atoms with Gasteiger partial charge in [-0.2, -0.15) is 0 Å². The zero-order valence-corrected chi connectivity index (χ0v) is 11.9. The van der Waals surface area contributed by atoms with Gasteiger partial charge in [-0.3, -0.25) is 0 Å². The number of piperidine rings is 1. The summed E-state index contributed by atoms with van der Waals surface area (Å²) in [6.45, 7) is 3.18. The van der Waals surface area contributed by atoms with Gasteiger partial charge < -0.3 is 23.8 Å². The van der Waals surface area contributed by atoms with Gasteiger partial charge in [0.2, 0.25) is 0 Å². The number of pyridine rings is 1. The summed E-state index contributed by atoms with van der Waals surface area (Å²) in [5.41, 5.74) is 1.04. The second-order valence-electron chi connectivity index (χ2n) is 5.00. The summed E-state index contributed by atoms with van der Waals surface area (Å²) >= 11 is 0. The highest BCUT2D eigenvalue weighted by Crippen LogP contribution is 2.35. The molecule has 1 spiro atoms. The van der Waals surface area contributed by atoms with Crippen molar-refractivity contribution in [3.05, 3.63) is 12.3 Å². The summed E-state index contributed by atoms with van der Waals surface area (Å²) in [5.74, 6) is 0.811. The molecule has 110 valence electrons. The highest BCUT2D eigenvalue weighted by atomic mass is 16.7. The van der Waals surface area contributed by atoms with Gasteiger partial charge in [-0.05, 0) is 0 Å². The topological polar surface area (TPSA) is 53.1 Å². The summed E-state index contributed by atoms with van der Waals surface area (Å²) in [6, 6.07) is 1.96. The molecule has 0 unspecified atom stereocenters. The number of hydrogen-bond acceptors (Lipinski definition) is 6. The molecule has 3 rings (SSSR count). The minimum atomic E-state index is -0.347. The van der Waals surface area contributed by atoms with E-state index >= 15 is 0 Å². The maximum atomic E-state index is 5.74. The van der Waals surface area contributed by atoms with Gasteiger partial charge in [-0.25, -0.2) is 4.98 Å². The number of hydrogen-bond donors (Lipinski definition) is 0. The van der Waals surface area contributed by atoms with Crippen LogP contribution >= 0.6 is 0 Å². The highest BCUT2D eigenvalue weighted by Gasteiger charge is 2.39. The van der Waals surface area contributed by atoms with Gasteiger partial charge in [-0.1, -0.05) is 0 Å². The fourth-order valence-corrected chi connectivity index (χ4v) is 2.79. The first kappa shape index (κ1) is 13.5. The van der Waals surface area contributed by atoms with Crippen LogP contribution < -0.4 is 14.4 Å². The standard InChI is InChI=1S/C14H20N2O4/c1-17-12-9-11(10-15-13(12)18-2)16-5-3-14(4-6-16)19-7-8-20-14/h9-10H,3-8H2,1-2H3. The molecule has 0 N–H and O–H groups in total. The Morgan fingerprint density at radius 2 is 1.85 bits per heavy atom. The van der Waals surface area contributed by atoms with Gasteiger partial charge in [0, 0.05) is 32.0 Å². The zero-order chi connectivity index (χ0) is 14.0. The maximum absolute atomic E-state index is 5.74. The molecule has 0 aromatic carbocycles. The first-order chi connectivity index (χ1) is 9.76. The van der Waals surface area contributed by atoms with Crippen molar-refractivity contribution in [1.29, 1.82) is 0 Å². The fraction of sp³-hybridized carbons (Fsp3) is 0.643. The lowest BCUT2D eigenvalue weighted by molar-refractivity contribution is -0.169. The van der Waals surface area contributed by atoms with Crippen LogP contribution in [-0.4, -0.2) is 51.3 Å². The first-order valence-corrected chi connectivity index (χ1v) is 6.87. The summed E-state index contributed by atoms with van der Waals surface area (Å²) in [4.78, 5) is 6.55. The second-order valence-corrected chi connectivity index (χ2v) is 5.00. The average Bonchev–Trinajstić information content (AvgIpc) is 2.95. The summed E-state index contributed by atoms with van der Waals surface area (Å²) in [7, 11) is 3.21. The monoisotopic (exact) mass is 280 g/mol. The van der Waals surface area contributed by atoms with Gasteiger partial charge in [0.05, 0.1) is 39.3 Å².